The molecule has 0 N–H and O–H groups in total. The zero-order valence-electron chi connectivity index (χ0n) is 11.8. The summed E-state index contributed by atoms with van der Waals surface area (Å²) >= 11 is 3.36. The van der Waals surface area contributed by atoms with Crippen LogP contribution in [0.1, 0.15) is 5.01 Å². The van der Waals surface area contributed by atoms with Crippen LogP contribution in [-0.4, -0.2) is 11.2 Å². The number of thioether (sulfide) groups is 1. The molecule has 0 fully saturated rings. The average molecular weight is 315 g/mol. The van der Waals surface area contributed by atoms with Crippen LogP contribution in [0.2, 0.25) is 0 Å². The van der Waals surface area contributed by atoms with Crippen LogP contribution in [-0.2, 0) is 0 Å². The summed E-state index contributed by atoms with van der Waals surface area (Å²) in [6.07, 6.45) is 2.07. The number of aromatic nitrogens is 1. The Bertz CT molecular complexity index is 763. The molecule has 0 bridgehead atoms. The molecule has 21 heavy (non-hydrogen) atoms. The van der Waals surface area contributed by atoms with E-state index in [0.29, 0.717) is 0 Å². The van der Waals surface area contributed by atoms with Crippen LogP contribution < -0.4 is 0 Å². The Kier molecular flexibility index (Phi) is 4.08. The third kappa shape index (κ3) is 2.87. The predicted molar refractivity (Wildman–Crippen MR) is 89.5 cm³/mol. The summed E-state index contributed by atoms with van der Waals surface area (Å²) in [7, 11) is 0. The van der Waals surface area contributed by atoms with Crippen LogP contribution in [0.4, 0.5) is 4.39 Å². The minimum atomic E-state index is -0.217. The van der Waals surface area contributed by atoms with Crippen molar-refractivity contribution in [2.75, 3.05) is 6.26 Å². The molecular weight excluding hydrogens is 301 g/mol. The smallest absolute Gasteiger partial charge is 0.123 e. The molecule has 106 valence electrons. The molecule has 0 atom stereocenters. The second-order valence-corrected chi connectivity index (χ2v) is 6.67. The first-order valence-corrected chi connectivity index (χ1v) is 8.60. The first kappa shape index (κ1) is 14.3. The molecule has 0 aliphatic heterocycles. The SMILES string of the molecule is CSc1ccccc1-c1nc(C)sc1-c1ccc(F)cc1. The normalized spacial score (nSPS) is 10.8. The van der Waals surface area contributed by atoms with E-state index in [4.69, 9.17) is 4.98 Å². The van der Waals surface area contributed by atoms with Gasteiger partial charge in [0.05, 0.1) is 15.6 Å². The summed E-state index contributed by atoms with van der Waals surface area (Å²) in [5, 5.41) is 1.01. The van der Waals surface area contributed by atoms with Gasteiger partial charge in [-0.3, -0.25) is 0 Å². The highest BCUT2D eigenvalue weighted by Crippen LogP contribution is 2.39. The number of hydrogen-bond donors (Lipinski definition) is 0. The van der Waals surface area contributed by atoms with Gasteiger partial charge in [0.2, 0.25) is 0 Å². The molecule has 0 radical (unpaired) electrons. The molecule has 0 amide bonds. The Morgan fingerprint density at radius 1 is 1.05 bits per heavy atom. The lowest BCUT2D eigenvalue weighted by Crippen LogP contribution is -1.85. The van der Waals surface area contributed by atoms with E-state index in [1.807, 2.05) is 31.2 Å². The number of hydrogen-bond acceptors (Lipinski definition) is 3. The summed E-state index contributed by atoms with van der Waals surface area (Å²) in [5.41, 5.74) is 3.12. The maximum atomic E-state index is 13.1. The highest BCUT2D eigenvalue weighted by atomic mass is 32.2. The molecule has 4 heteroatoms. The van der Waals surface area contributed by atoms with E-state index >= 15 is 0 Å². The summed E-state index contributed by atoms with van der Waals surface area (Å²) in [6.45, 7) is 2.00. The van der Waals surface area contributed by atoms with Crippen molar-refractivity contribution in [3.05, 3.63) is 59.4 Å². The molecule has 3 aromatic rings. The van der Waals surface area contributed by atoms with E-state index in [1.54, 1.807) is 23.1 Å². The molecule has 1 heterocycles. The number of benzene rings is 2. The summed E-state index contributed by atoms with van der Waals surface area (Å²) in [5.74, 6) is -0.217. The third-order valence-electron chi connectivity index (χ3n) is 3.20. The van der Waals surface area contributed by atoms with Gasteiger partial charge >= 0.3 is 0 Å². The minimum Gasteiger partial charge on any atom is -0.241 e. The van der Waals surface area contributed by atoms with Gasteiger partial charge in [-0.15, -0.1) is 23.1 Å². The summed E-state index contributed by atoms with van der Waals surface area (Å²) < 4.78 is 13.1. The van der Waals surface area contributed by atoms with E-state index in [2.05, 4.69) is 18.4 Å². The zero-order chi connectivity index (χ0) is 14.8. The lowest BCUT2D eigenvalue weighted by Gasteiger charge is -2.07. The minimum absolute atomic E-state index is 0.217. The Balaban J connectivity index is 2.18. The Hall–Kier alpha value is -1.65. The van der Waals surface area contributed by atoms with Crippen molar-refractivity contribution in [1.29, 1.82) is 0 Å². The zero-order valence-corrected chi connectivity index (χ0v) is 13.4. The van der Waals surface area contributed by atoms with Crippen LogP contribution in [0.15, 0.2) is 53.4 Å². The van der Waals surface area contributed by atoms with Crippen molar-refractivity contribution in [1.82, 2.24) is 4.98 Å². The fraction of sp³-hybridized carbons (Fsp3) is 0.118. The predicted octanol–water partition coefficient (Wildman–Crippen LogP) is 5.65. The number of thiazole rings is 1. The third-order valence-corrected chi connectivity index (χ3v) is 5.02. The molecule has 0 aliphatic carbocycles. The van der Waals surface area contributed by atoms with Crippen molar-refractivity contribution >= 4 is 23.1 Å². The van der Waals surface area contributed by atoms with Crippen LogP contribution >= 0.6 is 23.1 Å². The fourth-order valence-corrected chi connectivity index (χ4v) is 3.78. The maximum absolute atomic E-state index is 13.1. The lowest BCUT2D eigenvalue weighted by atomic mass is 10.1. The van der Waals surface area contributed by atoms with Gasteiger partial charge in [0, 0.05) is 10.5 Å². The van der Waals surface area contributed by atoms with E-state index < -0.39 is 0 Å². The first-order chi connectivity index (χ1) is 10.2. The van der Waals surface area contributed by atoms with Gasteiger partial charge in [-0.05, 0) is 36.9 Å². The molecule has 0 spiro atoms. The van der Waals surface area contributed by atoms with Gasteiger partial charge in [0.15, 0.2) is 0 Å². The number of rotatable bonds is 3. The Morgan fingerprint density at radius 2 is 1.76 bits per heavy atom. The molecule has 1 aromatic heterocycles. The van der Waals surface area contributed by atoms with Crippen molar-refractivity contribution in [2.45, 2.75) is 11.8 Å². The topological polar surface area (TPSA) is 12.9 Å². The van der Waals surface area contributed by atoms with Crippen molar-refractivity contribution in [3.8, 4) is 21.7 Å². The second kappa shape index (κ2) is 6.00. The summed E-state index contributed by atoms with van der Waals surface area (Å²) in [4.78, 5) is 6.99. The quantitative estimate of drug-likeness (QED) is 0.580. The van der Waals surface area contributed by atoms with E-state index in [0.717, 1.165) is 26.7 Å². The second-order valence-electron chi connectivity index (χ2n) is 4.62. The number of aryl methyl sites for hydroxylation is 1. The van der Waals surface area contributed by atoms with E-state index in [1.165, 1.54) is 17.0 Å². The molecule has 3 rings (SSSR count). The fourth-order valence-electron chi connectivity index (χ4n) is 2.25. The standard InChI is InChI=1S/C17H14FNS2/c1-11-19-16(14-5-3-4-6-15(14)20-2)17(21-11)12-7-9-13(18)10-8-12/h3-10H,1-2H3. The number of nitrogens with zero attached hydrogens (tertiary/aromatic N) is 1. The molecule has 0 unspecified atom stereocenters. The Labute approximate surface area is 131 Å². The van der Waals surface area contributed by atoms with Crippen LogP contribution in [0.5, 0.6) is 0 Å². The van der Waals surface area contributed by atoms with Gasteiger partial charge < -0.3 is 0 Å². The van der Waals surface area contributed by atoms with Crippen molar-refractivity contribution in [3.63, 3.8) is 0 Å². The van der Waals surface area contributed by atoms with Crippen molar-refractivity contribution < 1.29 is 4.39 Å². The molecular formula is C17H14FNS2. The van der Waals surface area contributed by atoms with Crippen LogP contribution in [0.3, 0.4) is 0 Å². The summed E-state index contributed by atoms with van der Waals surface area (Å²) in [6, 6.07) is 14.9. The first-order valence-electron chi connectivity index (χ1n) is 6.56. The molecule has 0 aliphatic rings. The molecule has 2 aromatic carbocycles. The van der Waals surface area contributed by atoms with E-state index in [9.17, 15) is 4.39 Å². The number of halogens is 1. The van der Waals surface area contributed by atoms with Gasteiger partial charge in [-0.1, -0.05) is 30.3 Å². The van der Waals surface area contributed by atoms with Crippen molar-refractivity contribution in [2.24, 2.45) is 0 Å². The molecule has 1 nitrogen and oxygen atoms in total. The maximum Gasteiger partial charge on any atom is 0.123 e. The van der Waals surface area contributed by atoms with Crippen LogP contribution in [0, 0.1) is 12.7 Å². The monoisotopic (exact) mass is 315 g/mol. The average Bonchev–Trinajstić information content (AvgIpc) is 2.89. The van der Waals surface area contributed by atoms with Gasteiger partial charge in [-0.25, -0.2) is 9.37 Å². The lowest BCUT2D eigenvalue weighted by molar-refractivity contribution is 0.628. The van der Waals surface area contributed by atoms with Gasteiger partial charge in [-0.2, -0.15) is 0 Å². The van der Waals surface area contributed by atoms with Gasteiger partial charge in [0.1, 0.15) is 5.82 Å². The highest BCUT2D eigenvalue weighted by Gasteiger charge is 2.15. The Morgan fingerprint density at radius 3 is 2.48 bits per heavy atom. The van der Waals surface area contributed by atoms with Gasteiger partial charge in [0.25, 0.3) is 0 Å². The largest absolute Gasteiger partial charge is 0.241 e. The molecule has 0 saturated carbocycles. The highest BCUT2D eigenvalue weighted by molar-refractivity contribution is 7.98. The van der Waals surface area contributed by atoms with E-state index in [-0.39, 0.29) is 5.82 Å². The van der Waals surface area contributed by atoms with Crippen LogP contribution in [0.25, 0.3) is 21.7 Å². The molecule has 0 saturated heterocycles.